The summed E-state index contributed by atoms with van der Waals surface area (Å²) < 4.78 is 10.2. The number of carbonyl (C=O) groups is 1. The average molecular weight is 363 g/mol. The third-order valence-corrected chi connectivity index (χ3v) is 4.20. The zero-order valence-electron chi connectivity index (χ0n) is 15.8. The third kappa shape index (κ3) is 6.09. The van der Waals surface area contributed by atoms with E-state index in [1.54, 1.807) is 18.1 Å². The number of likely N-dealkylation sites (tertiary alicyclic amines) is 1. The molecule has 26 heavy (non-hydrogen) atoms. The smallest absolute Gasteiger partial charge is 0.409 e. The molecule has 0 radical (unpaired) electrons. The number of carbonyl (C=O) groups excluding carboxylic acids is 1. The van der Waals surface area contributed by atoms with Crippen LogP contribution in [0.4, 0.5) is 4.79 Å². The molecule has 1 aromatic heterocycles. The fourth-order valence-corrected chi connectivity index (χ4v) is 2.72. The van der Waals surface area contributed by atoms with Crippen LogP contribution in [0.25, 0.3) is 0 Å². The van der Waals surface area contributed by atoms with Crippen molar-refractivity contribution in [2.45, 2.75) is 38.8 Å². The van der Waals surface area contributed by atoms with Gasteiger partial charge >= 0.3 is 6.09 Å². The van der Waals surface area contributed by atoms with Crippen LogP contribution < -0.4 is 15.4 Å². The van der Waals surface area contributed by atoms with E-state index in [1.165, 1.54) is 7.11 Å². The number of ether oxygens (including phenoxy) is 2. The number of rotatable bonds is 6. The molecule has 8 heteroatoms. The number of pyridine rings is 1. The Balaban J connectivity index is 1.75. The molecule has 1 aliphatic heterocycles. The summed E-state index contributed by atoms with van der Waals surface area (Å²) in [5.41, 5.74) is 1.05. The van der Waals surface area contributed by atoms with Crippen LogP contribution in [-0.2, 0) is 11.3 Å². The fraction of sp³-hybridized carbons (Fsp3) is 0.611. The molecule has 2 rings (SSSR count). The number of nitrogens with zero attached hydrogens (tertiary/aromatic N) is 3. The van der Waals surface area contributed by atoms with Crippen molar-refractivity contribution in [3.05, 3.63) is 23.9 Å². The van der Waals surface area contributed by atoms with E-state index in [-0.39, 0.29) is 12.1 Å². The van der Waals surface area contributed by atoms with Crippen molar-refractivity contribution in [1.82, 2.24) is 20.5 Å². The fourth-order valence-electron chi connectivity index (χ4n) is 2.72. The van der Waals surface area contributed by atoms with Gasteiger partial charge in [0.2, 0.25) is 5.88 Å². The van der Waals surface area contributed by atoms with Crippen molar-refractivity contribution < 1.29 is 14.3 Å². The SMILES string of the molecule is CCCOc1ccc(CNC(=NC)NC2CCN(C(=O)OC)CC2)cn1. The molecule has 0 unspecified atom stereocenters. The van der Waals surface area contributed by atoms with Crippen LogP contribution in [0.1, 0.15) is 31.7 Å². The lowest BCUT2D eigenvalue weighted by Crippen LogP contribution is -2.49. The quantitative estimate of drug-likeness (QED) is 0.592. The molecule has 2 N–H and O–H groups in total. The van der Waals surface area contributed by atoms with Gasteiger partial charge in [0.15, 0.2) is 5.96 Å². The molecule has 1 aliphatic rings. The third-order valence-electron chi connectivity index (χ3n) is 4.20. The summed E-state index contributed by atoms with van der Waals surface area (Å²) in [6, 6.07) is 4.16. The van der Waals surface area contributed by atoms with E-state index in [2.05, 4.69) is 27.5 Å². The highest BCUT2D eigenvalue weighted by Gasteiger charge is 2.23. The largest absolute Gasteiger partial charge is 0.478 e. The Kier molecular flexibility index (Phi) is 7.98. The standard InChI is InChI=1S/C18H29N5O3/c1-4-11-26-16-6-5-14(12-20-16)13-21-17(19-2)22-15-7-9-23(10-8-15)18(24)25-3/h5-6,12,15H,4,7-11,13H2,1-3H3,(H2,19,21,22). The first-order valence-electron chi connectivity index (χ1n) is 9.04. The van der Waals surface area contributed by atoms with Gasteiger partial charge in [0, 0.05) is 45.0 Å². The highest BCUT2D eigenvalue weighted by Crippen LogP contribution is 2.11. The normalized spacial score (nSPS) is 15.5. The van der Waals surface area contributed by atoms with Gasteiger partial charge in [0.1, 0.15) is 0 Å². The lowest BCUT2D eigenvalue weighted by Gasteiger charge is -2.32. The van der Waals surface area contributed by atoms with E-state index in [0.29, 0.717) is 32.1 Å². The number of nitrogens with one attached hydrogen (secondary N) is 2. The van der Waals surface area contributed by atoms with Crippen LogP contribution in [0.5, 0.6) is 5.88 Å². The second-order valence-corrected chi connectivity index (χ2v) is 6.15. The Bertz CT molecular complexity index is 583. The van der Waals surface area contributed by atoms with E-state index in [4.69, 9.17) is 9.47 Å². The van der Waals surface area contributed by atoms with Gasteiger partial charge in [-0.05, 0) is 24.8 Å². The minimum absolute atomic E-state index is 0.259. The molecule has 1 saturated heterocycles. The second kappa shape index (κ2) is 10.5. The molecular weight excluding hydrogens is 334 g/mol. The topological polar surface area (TPSA) is 88.1 Å². The van der Waals surface area contributed by atoms with Crippen molar-refractivity contribution in [2.24, 2.45) is 4.99 Å². The average Bonchev–Trinajstić information content (AvgIpc) is 2.70. The molecule has 144 valence electrons. The molecule has 1 aromatic rings. The highest BCUT2D eigenvalue weighted by atomic mass is 16.5. The first kappa shape index (κ1) is 19.8. The van der Waals surface area contributed by atoms with E-state index in [9.17, 15) is 4.79 Å². The van der Waals surface area contributed by atoms with Crippen LogP contribution in [0.3, 0.4) is 0 Å². The molecule has 0 aromatic carbocycles. The van der Waals surface area contributed by atoms with Crippen molar-refractivity contribution in [3.8, 4) is 5.88 Å². The molecule has 0 spiro atoms. The van der Waals surface area contributed by atoms with E-state index < -0.39 is 0 Å². The zero-order chi connectivity index (χ0) is 18.8. The number of aromatic nitrogens is 1. The molecular formula is C18H29N5O3. The van der Waals surface area contributed by atoms with Gasteiger partial charge in [-0.2, -0.15) is 0 Å². The Labute approximate surface area is 155 Å². The maximum absolute atomic E-state index is 11.5. The molecule has 1 fully saturated rings. The van der Waals surface area contributed by atoms with Crippen LogP contribution in [-0.4, -0.2) is 61.8 Å². The molecule has 0 aliphatic carbocycles. The van der Waals surface area contributed by atoms with E-state index in [1.807, 2.05) is 12.1 Å². The second-order valence-electron chi connectivity index (χ2n) is 6.15. The number of hydrogen-bond acceptors (Lipinski definition) is 5. The summed E-state index contributed by atoms with van der Waals surface area (Å²) in [6.45, 7) is 4.74. The summed E-state index contributed by atoms with van der Waals surface area (Å²) in [5, 5.41) is 6.70. The molecule has 0 saturated carbocycles. The summed E-state index contributed by atoms with van der Waals surface area (Å²) in [4.78, 5) is 21.8. The predicted molar refractivity (Wildman–Crippen MR) is 100 cm³/mol. The minimum Gasteiger partial charge on any atom is -0.478 e. The number of aliphatic imine (C=N–C) groups is 1. The predicted octanol–water partition coefficient (Wildman–Crippen LogP) is 1.77. The molecule has 0 bridgehead atoms. The Morgan fingerprint density at radius 2 is 2.15 bits per heavy atom. The van der Waals surface area contributed by atoms with Gasteiger partial charge in [-0.3, -0.25) is 4.99 Å². The molecule has 0 atom stereocenters. The van der Waals surface area contributed by atoms with Gasteiger partial charge in [0.25, 0.3) is 0 Å². The Morgan fingerprint density at radius 3 is 2.73 bits per heavy atom. The van der Waals surface area contributed by atoms with Crippen molar-refractivity contribution in [1.29, 1.82) is 0 Å². The number of methoxy groups -OCH3 is 1. The van der Waals surface area contributed by atoms with Crippen molar-refractivity contribution in [3.63, 3.8) is 0 Å². The highest BCUT2D eigenvalue weighted by molar-refractivity contribution is 5.80. The van der Waals surface area contributed by atoms with E-state index in [0.717, 1.165) is 30.8 Å². The first-order chi connectivity index (χ1) is 12.7. The summed E-state index contributed by atoms with van der Waals surface area (Å²) in [5.74, 6) is 1.39. The van der Waals surface area contributed by atoms with Crippen LogP contribution >= 0.6 is 0 Å². The Hall–Kier alpha value is -2.51. The minimum atomic E-state index is -0.259. The molecule has 8 nitrogen and oxygen atoms in total. The van der Waals surface area contributed by atoms with Gasteiger partial charge in [-0.1, -0.05) is 13.0 Å². The first-order valence-corrected chi connectivity index (χ1v) is 9.04. The molecule has 1 amide bonds. The summed E-state index contributed by atoms with van der Waals surface area (Å²) >= 11 is 0. The number of piperidine rings is 1. The number of amides is 1. The summed E-state index contributed by atoms with van der Waals surface area (Å²) in [6.07, 6.45) is 4.23. The number of guanidine groups is 1. The number of hydrogen-bond donors (Lipinski definition) is 2. The summed E-state index contributed by atoms with van der Waals surface area (Å²) in [7, 11) is 3.16. The van der Waals surface area contributed by atoms with Gasteiger partial charge < -0.3 is 25.0 Å². The van der Waals surface area contributed by atoms with Gasteiger partial charge in [-0.25, -0.2) is 9.78 Å². The monoisotopic (exact) mass is 363 g/mol. The lowest BCUT2D eigenvalue weighted by atomic mass is 10.1. The maximum Gasteiger partial charge on any atom is 0.409 e. The lowest BCUT2D eigenvalue weighted by molar-refractivity contribution is 0.111. The van der Waals surface area contributed by atoms with Crippen LogP contribution in [0.2, 0.25) is 0 Å². The van der Waals surface area contributed by atoms with Crippen molar-refractivity contribution in [2.75, 3.05) is 33.9 Å². The Morgan fingerprint density at radius 1 is 1.38 bits per heavy atom. The van der Waals surface area contributed by atoms with Crippen LogP contribution in [0.15, 0.2) is 23.3 Å². The van der Waals surface area contributed by atoms with E-state index >= 15 is 0 Å². The van der Waals surface area contributed by atoms with Gasteiger partial charge in [0.05, 0.1) is 13.7 Å². The van der Waals surface area contributed by atoms with Crippen LogP contribution in [0, 0.1) is 0 Å². The maximum atomic E-state index is 11.5. The zero-order valence-corrected chi connectivity index (χ0v) is 15.8. The van der Waals surface area contributed by atoms with Gasteiger partial charge in [-0.15, -0.1) is 0 Å². The molecule has 2 heterocycles. The van der Waals surface area contributed by atoms with Crippen molar-refractivity contribution >= 4 is 12.1 Å².